The summed E-state index contributed by atoms with van der Waals surface area (Å²) < 4.78 is 25.7. The Kier molecular flexibility index (Phi) is 6.85. The lowest BCUT2D eigenvalue weighted by Crippen LogP contribution is -2.27. The topological polar surface area (TPSA) is 38.8 Å². The van der Waals surface area contributed by atoms with E-state index in [0.717, 1.165) is 9.13 Å². The van der Waals surface area contributed by atoms with Crippen LogP contribution in [0.1, 0.15) is 12.5 Å². The van der Waals surface area contributed by atoms with Gasteiger partial charge >= 0.3 is 0 Å². The number of ether oxygens (including phenoxy) is 2. The molecule has 0 N–H and O–H groups in total. The maximum Gasteiger partial charge on any atom is 0.270 e. The van der Waals surface area contributed by atoms with Crippen LogP contribution in [0.2, 0.25) is 5.02 Å². The minimum atomic E-state index is -0.553. The zero-order valence-electron chi connectivity index (χ0n) is 14.8. The summed E-state index contributed by atoms with van der Waals surface area (Å²) in [4.78, 5) is 14.7. The third-order valence-corrected chi connectivity index (χ3v) is 6.19. The quantitative estimate of drug-likeness (QED) is 0.264. The van der Waals surface area contributed by atoms with Crippen LogP contribution in [0.25, 0.3) is 6.08 Å². The highest BCUT2D eigenvalue weighted by atomic mass is 127. The molecule has 0 saturated carbocycles. The van der Waals surface area contributed by atoms with Gasteiger partial charge in [0.15, 0.2) is 15.8 Å². The molecule has 1 fully saturated rings. The number of hydrogen-bond donors (Lipinski definition) is 0. The second-order valence-electron chi connectivity index (χ2n) is 5.58. The zero-order valence-corrected chi connectivity index (χ0v) is 19.3. The van der Waals surface area contributed by atoms with Gasteiger partial charge in [0.2, 0.25) is 0 Å². The van der Waals surface area contributed by atoms with E-state index in [-0.39, 0.29) is 10.9 Å². The number of amides is 1. The van der Waals surface area contributed by atoms with Gasteiger partial charge in [0.25, 0.3) is 5.91 Å². The molecule has 0 spiro atoms. The maximum atomic E-state index is 13.4. The Bertz CT molecular complexity index is 999. The maximum absolute atomic E-state index is 13.4. The van der Waals surface area contributed by atoms with E-state index in [0.29, 0.717) is 33.0 Å². The predicted octanol–water partition coefficient (Wildman–Crippen LogP) is 5.90. The second-order valence-corrected chi connectivity index (χ2v) is 8.83. The van der Waals surface area contributed by atoms with Crippen molar-refractivity contribution in [2.75, 3.05) is 18.6 Å². The SMILES string of the molecule is CCOc1c(I)cc(/C=C2/SC(=S)N(c3ccc(F)c(Cl)c3)C2=O)cc1OC. The Morgan fingerprint density at radius 1 is 1.36 bits per heavy atom. The molecule has 1 heterocycles. The van der Waals surface area contributed by atoms with Gasteiger partial charge in [-0.1, -0.05) is 35.6 Å². The predicted molar refractivity (Wildman–Crippen MR) is 124 cm³/mol. The lowest BCUT2D eigenvalue weighted by atomic mass is 10.1. The van der Waals surface area contributed by atoms with Crippen LogP contribution in [-0.2, 0) is 4.79 Å². The second kappa shape index (κ2) is 8.98. The van der Waals surface area contributed by atoms with E-state index >= 15 is 0 Å². The van der Waals surface area contributed by atoms with Gasteiger partial charge in [-0.3, -0.25) is 9.69 Å². The highest BCUT2D eigenvalue weighted by Gasteiger charge is 2.33. The highest BCUT2D eigenvalue weighted by Crippen LogP contribution is 2.39. The van der Waals surface area contributed by atoms with Crippen LogP contribution in [0.5, 0.6) is 11.5 Å². The molecule has 1 saturated heterocycles. The fourth-order valence-corrected chi connectivity index (χ4v) is 4.83. The number of carbonyl (C=O) groups is 1. The number of benzene rings is 2. The third-order valence-electron chi connectivity index (χ3n) is 3.79. The van der Waals surface area contributed by atoms with Crippen molar-refractivity contribution in [2.45, 2.75) is 6.92 Å². The summed E-state index contributed by atoms with van der Waals surface area (Å²) in [5, 5.41) is -0.0682. The fraction of sp³-hybridized carbons (Fsp3) is 0.158. The van der Waals surface area contributed by atoms with Gasteiger partial charge < -0.3 is 9.47 Å². The Morgan fingerprint density at radius 3 is 2.75 bits per heavy atom. The number of hydrogen-bond acceptors (Lipinski definition) is 5. The smallest absolute Gasteiger partial charge is 0.270 e. The lowest BCUT2D eigenvalue weighted by Gasteiger charge is -2.15. The first-order valence-corrected chi connectivity index (χ1v) is 10.8. The molecule has 2 aromatic rings. The van der Waals surface area contributed by atoms with Crippen LogP contribution in [0.3, 0.4) is 0 Å². The fourth-order valence-electron chi connectivity index (χ4n) is 2.57. The molecule has 146 valence electrons. The standard InChI is InChI=1S/C19H14ClFINO3S2/c1-3-26-17-14(22)6-10(7-15(17)25-2)8-16-18(24)23(19(27)28-16)11-4-5-13(21)12(20)9-11/h4-9H,3H2,1-2H3/b16-8+. The van der Waals surface area contributed by atoms with E-state index < -0.39 is 5.82 Å². The van der Waals surface area contributed by atoms with E-state index in [9.17, 15) is 9.18 Å². The average molecular weight is 550 g/mol. The van der Waals surface area contributed by atoms with Crippen LogP contribution in [0.4, 0.5) is 10.1 Å². The number of thiocarbonyl (C=S) groups is 1. The van der Waals surface area contributed by atoms with Crippen LogP contribution in [0.15, 0.2) is 35.2 Å². The van der Waals surface area contributed by atoms with Crippen LogP contribution in [-0.4, -0.2) is 23.9 Å². The highest BCUT2D eigenvalue weighted by molar-refractivity contribution is 14.1. The van der Waals surface area contributed by atoms with Crippen LogP contribution in [0, 0.1) is 9.39 Å². The van der Waals surface area contributed by atoms with E-state index in [4.69, 9.17) is 33.3 Å². The van der Waals surface area contributed by atoms with Gasteiger partial charge in [0, 0.05) is 0 Å². The van der Waals surface area contributed by atoms with Crippen molar-refractivity contribution >= 4 is 80.2 Å². The summed E-state index contributed by atoms with van der Waals surface area (Å²) in [5.41, 5.74) is 1.21. The first-order chi connectivity index (χ1) is 13.3. The third kappa shape index (κ3) is 4.29. The molecule has 4 nitrogen and oxygen atoms in total. The molecule has 2 aromatic carbocycles. The van der Waals surface area contributed by atoms with Gasteiger partial charge in [-0.25, -0.2) is 4.39 Å². The van der Waals surface area contributed by atoms with Crippen molar-refractivity contribution < 1.29 is 18.7 Å². The van der Waals surface area contributed by atoms with Gasteiger partial charge in [0.1, 0.15) is 5.82 Å². The van der Waals surface area contributed by atoms with E-state index in [2.05, 4.69) is 22.6 Å². The van der Waals surface area contributed by atoms with Crippen molar-refractivity contribution in [3.8, 4) is 11.5 Å². The van der Waals surface area contributed by atoms with Crippen molar-refractivity contribution in [3.05, 3.63) is 55.2 Å². The van der Waals surface area contributed by atoms with Gasteiger partial charge in [-0.05, 0) is 71.5 Å². The molecule has 0 aliphatic carbocycles. The molecule has 3 rings (SSSR count). The summed E-state index contributed by atoms with van der Waals surface area (Å²) in [6.45, 7) is 2.42. The van der Waals surface area contributed by atoms with Crippen LogP contribution >= 0.6 is 58.2 Å². The Labute approximate surface area is 190 Å². The van der Waals surface area contributed by atoms with Gasteiger partial charge in [0.05, 0.1) is 32.9 Å². The van der Waals surface area contributed by atoms with Crippen molar-refractivity contribution in [1.29, 1.82) is 0 Å². The minimum absolute atomic E-state index is 0.0682. The Hall–Kier alpha value is -1.36. The largest absolute Gasteiger partial charge is 0.493 e. The molecule has 1 amide bonds. The number of methoxy groups -OCH3 is 1. The summed E-state index contributed by atoms with van der Waals surface area (Å²) in [6.07, 6.45) is 1.74. The molecule has 1 aliphatic rings. The van der Waals surface area contributed by atoms with Crippen molar-refractivity contribution in [3.63, 3.8) is 0 Å². The van der Waals surface area contributed by atoms with Gasteiger partial charge in [-0.15, -0.1) is 0 Å². The number of carbonyl (C=O) groups excluding carboxylic acids is 1. The number of anilines is 1. The summed E-state index contributed by atoms with van der Waals surface area (Å²) in [7, 11) is 1.56. The number of thioether (sulfide) groups is 1. The number of nitrogens with zero attached hydrogens (tertiary/aromatic N) is 1. The molecule has 0 unspecified atom stereocenters. The van der Waals surface area contributed by atoms with Gasteiger partial charge in [-0.2, -0.15) is 0 Å². The first kappa shape index (κ1) is 21.4. The zero-order chi connectivity index (χ0) is 20.4. The molecular weight excluding hydrogens is 536 g/mol. The Morgan fingerprint density at radius 2 is 2.11 bits per heavy atom. The van der Waals surface area contributed by atoms with E-state index in [1.165, 1.54) is 34.9 Å². The molecule has 0 atom stereocenters. The number of halogens is 3. The first-order valence-electron chi connectivity index (χ1n) is 8.09. The molecule has 9 heteroatoms. The van der Waals surface area contributed by atoms with E-state index in [1.54, 1.807) is 19.3 Å². The molecule has 0 bridgehead atoms. The van der Waals surface area contributed by atoms with E-state index in [1.807, 2.05) is 13.0 Å². The van der Waals surface area contributed by atoms with Crippen LogP contribution < -0.4 is 14.4 Å². The Balaban J connectivity index is 1.95. The van der Waals surface area contributed by atoms with Crippen molar-refractivity contribution in [2.24, 2.45) is 0 Å². The lowest BCUT2D eigenvalue weighted by molar-refractivity contribution is -0.113. The van der Waals surface area contributed by atoms with Crippen molar-refractivity contribution in [1.82, 2.24) is 0 Å². The summed E-state index contributed by atoms with van der Waals surface area (Å²) in [5.74, 6) is 0.403. The molecule has 28 heavy (non-hydrogen) atoms. The molecule has 0 radical (unpaired) electrons. The summed E-state index contributed by atoms with van der Waals surface area (Å²) in [6, 6.07) is 7.76. The molecular formula is C19H14ClFINO3S2. The molecule has 0 aromatic heterocycles. The minimum Gasteiger partial charge on any atom is -0.493 e. The number of rotatable bonds is 5. The summed E-state index contributed by atoms with van der Waals surface area (Å²) >= 11 is 14.5. The normalized spacial score (nSPS) is 15.5. The average Bonchev–Trinajstić information content (AvgIpc) is 2.93. The monoisotopic (exact) mass is 549 g/mol. The molecule has 1 aliphatic heterocycles.